The average Bonchev–Trinajstić information content (AvgIpc) is 2.77. The third-order valence-corrected chi connectivity index (χ3v) is 4.23. The molecular formula is C17H17N3O3. The van der Waals surface area contributed by atoms with E-state index in [0.29, 0.717) is 17.8 Å². The van der Waals surface area contributed by atoms with Crippen LogP contribution in [0.25, 0.3) is 0 Å². The zero-order valence-corrected chi connectivity index (χ0v) is 12.9. The zero-order valence-electron chi connectivity index (χ0n) is 12.9. The molecular weight excluding hydrogens is 294 g/mol. The van der Waals surface area contributed by atoms with Gasteiger partial charge in [-0.3, -0.25) is 4.98 Å². The van der Waals surface area contributed by atoms with Gasteiger partial charge in [0.25, 0.3) is 0 Å². The molecule has 1 aliphatic heterocycles. The highest BCUT2D eigenvalue weighted by atomic mass is 16.4. The first-order valence-corrected chi connectivity index (χ1v) is 7.21. The molecule has 0 spiro atoms. The zero-order chi connectivity index (χ0) is 16.6. The van der Waals surface area contributed by atoms with Gasteiger partial charge in [0.2, 0.25) is 0 Å². The number of carboxylic acid groups (broad SMARTS) is 1. The Kier molecular flexibility index (Phi) is 3.52. The number of nitrogens with zero attached hydrogens (tertiary/aromatic N) is 3. The highest BCUT2D eigenvalue weighted by Crippen LogP contribution is 2.39. The second kappa shape index (κ2) is 5.39. The van der Waals surface area contributed by atoms with Crippen LogP contribution in [0, 0.1) is 0 Å². The molecule has 0 saturated carbocycles. The summed E-state index contributed by atoms with van der Waals surface area (Å²) in [6.07, 6.45) is 4.59. The van der Waals surface area contributed by atoms with Gasteiger partial charge in [-0.05, 0) is 31.0 Å². The third-order valence-electron chi connectivity index (χ3n) is 4.23. The van der Waals surface area contributed by atoms with Gasteiger partial charge in [0.1, 0.15) is 11.4 Å². The summed E-state index contributed by atoms with van der Waals surface area (Å²) in [5.74, 6) is -0.877. The molecule has 0 amide bonds. The van der Waals surface area contributed by atoms with Crippen molar-refractivity contribution in [2.45, 2.75) is 25.9 Å². The summed E-state index contributed by atoms with van der Waals surface area (Å²) >= 11 is 0. The molecule has 3 rings (SSSR count). The van der Waals surface area contributed by atoms with E-state index in [9.17, 15) is 15.0 Å². The van der Waals surface area contributed by atoms with Gasteiger partial charge < -0.3 is 15.1 Å². The van der Waals surface area contributed by atoms with E-state index in [2.05, 4.69) is 9.98 Å². The third kappa shape index (κ3) is 2.52. The molecule has 23 heavy (non-hydrogen) atoms. The van der Waals surface area contributed by atoms with Crippen molar-refractivity contribution in [3.05, 3.63) is 53.3 Å². The molecule has 0 aliphatic carbocycles. The van der Waals surface area contributed by atoms with Crippen molar-refractivity contribution in [2.24, 2.45) is 4.99 Å². The Balaban J connectivity index is 1.96. The fourth-order valence-corrected chi connectivity index (χ4v) is 2.85. The van der Waals surface area contributed by atoms with Crippen LogP contribution in [0.3, 0.4) is 0 Å². The number of carbonyl (C=O) groups is 1. The van der Waals surface area contributed by atoms with Crippen LogP contribution in [0.5, 0.6) is 5.75 Å². The Morgan fingerprint density at radius 1 is 1.39 bits per heavy atom. The summed E-state index contributed by atoms with van der Waals surface area (Å²) in [6.45, 7) is 4.48. The van der Waals surface area contributed by atoms with E-state index in [0.717, 1.165) is 11.1 Å². The summed E-state index contributed by atoms with van der Waals surface area (Å²) < 4.78 is 0. The summed E-state index contributed by atoms with van der Waals surface area (Å²) in [5, 5.41) is 19.1. The van der Waals surface area contributed by atoms with Crippen LogP contribution in [-0.4, -0.2) is 32.4 Å². The molecule has 118 valence electrons. The first-order chi connectivity index (χ1) is 10.9. The number of aromatic hydroxyl groups is 1. The van der Waals surface area contributed by atoms with Crippen LogP contribution in [0.15, 0.2) is 41.7 Å². The first kappa shape index (κ1) is 15.0. The molecule has 0 atom stereocenters. The minimum absolute atomic E-state index is 0.0528. The van der Waals surface area contributed by atoms with Crippen LogP contribution in [-0.2, 0) is 12.1 Å². The normalized spacial score (nSPS) is 15.8. The average molecular weight is 311 g/mol. The summed E-state index contributed by atoms with van der Waals surface area (Å²) in [5.41, 5.74) is 2.07. The van der Waals surface area contributed by atoms with Crippen molar-refractivity contribution in [3.63, 3.8) is 0 Å². The molecule has 6 heteroatoms. The molecule has 0 radical (unpaired) electrons. The fourth-order valence-electron chi connectivity index (χ4n) is 2.85. The van der Waals surface area contributed by atoms with Crippen LogP contribution in [0.2, 0.25) is 0 Å². The molecule has 2 N–H and O–H groups in total. The van der Waals surface area contributed by atoms with Gasteiger partial charge in [0.05, 0.1) is 23.6 Å². The van der Waals surface area contributed by atoms with E-state index in [-0.39, 0.29) is 11.3 Å². The SMILES string of the molecule is CC1(C)c2cccc(C(=O)O)c2CN1/C=N/c1cnccc1O. The van der Waals surface area contributed by atoms with Crippen LogP contribution >= 0.6 is 0 Å². The Labute approximate surface area is 133 Å². The van der Waals surface area contributed by atoms with Crippen molar-refractivity contribution in [1.82, 2.24) is 9.88 Å². The smallest absolute Gasteiger partial charge is 0.336 e. The number of hydrogen-bond acceptors (Lipinski definition) is 4. The standard InChI is InChI=1S/C17H17N3O3/c1-17(2)13-5-3-4-11(16(22)23)12(13)9-20(17)10-19-14-8-18-7-6-15(14)21/h3-8,10H,9H2,1-2H3,(H,18,21)(H,22,23)/b19-10+. The van der Waals surface area contributed by atoms with Gasteiger partial charge in [-0.25, -0.2) is 9.79 Å². The number of benzene rings is 1. The van der Waals surface area contributed by atoms with Crippen LogP contribution < -0.4 is 0 Å². The molecule has 1 aromatic carbocycles. The molecule has 2 heterocycles. The lowest BCUT2D eigenvalue weighted by molar-refractivity contribution is 0.0695. The minimum atomic E-state index is -0.929. The van der Waals surface area contributed by atoms with E-state index in [1.165, 1.54) is 18.5 Å². The summed E-state index contributed by atoms with van der Waals surface area (Å²) in [6, 6.07) is 6.79. The lowest BCUT2D eigenvalue weighted by Gasteiger charge is -2.30. The summed E-state index contributed by atoms with van der Waals surface area (Å²) in [7, 11) is 0. The van der Waals surface area contributed by atoms with Gasteiger partial charge in [0.15, 0.2) is 0 Å². The number of rotatable bonds is 3. The molecule has 0 fully saturated rings. The van der Waals surface area contributed by atoms with E-state index >= 15 is 0 Å². The van der Waals surface area contributed by atoms with Crippen molar-refractivity contribution < 1.29 is 15.0 Å². The Hall–Kier alpha value is -2.89. The lowest BCUT2D eigenvalue weighted by atomic mass is 9.92. The maximum absolute atomic E-state index is 11.4. The van der Waals surface area contributed by atoms with E-state index in [1.807, 2.05) is 24.8 Å². The van der Waals surface area contributed by atoms with Crippen LogP contribution in [0.4, 0.5) is 5.69 Å². The first-order valence-electron chi connectivity index (χ1n) is 7.21. The molecule has 2 aromatic rings. The Morgan fingerprint density at radius 3 is 2.87 bits per heavy atom. The van der Waals surface area contributed by atoms with E-state index in [4.69, 9.17) is 0 Å². The monoisotopic (exact) mass is 311 g/mol. The fraction of sp³-hybridized carbons (Fsp3) is 0.235. The predicted octanol–water partition coefficient (Wildman–Crippen LogP) is 2.90. The number of hydrogen-bond donors (Lipinski definition) is 2. The highest BCUT2D eigenvalue weighted by Gasteiger charge is 2.37. The van der Waals surface area contributed by atoms with Crippen molar-refractivity contribution in [1.29, 1.82) is 0 Å². The number of fused-ring (bicyclic) bond motifs is 1. The maximum Gasteiger partial charge on any atom is 0.336 e. The van der Waals surface area contributed by atoms with Gasteiger partial charge in [-0.15, -0.1) is 0 Å². The van der Waals surface area contributed by atoms with Gasteiger partial charge in [-0.2, -0.15) is 0 Å². The largest absolute Gasteiger partial charge is 0.506 e. The van der Waals surface area contributed by atoms with Crippen LogP contribution in [0.1, 0.15) is 35.3 Å². The lowest BCUT2D eigenvalue weighted by Crippen LogP contribution is -2.34. The predicted molar refractivity (Wildman–Crippen MR) is 86.0 cm³/mol. The van der Waals surface area contributed by atoms with Crippen molar-refractivity contribution in [2.75, 3.05) is 0 Å². The van der Waals surface area contributed by atoms with E-state index in [1.54, 1.807) is 18.5 Å². The molecule has 1 aromatic heterocycles. The second-order valence-corrected chi connectivity index (χ2v) is 5.93. The highest BCUT2D eigenvalue weighted by molar-refractivity contribution is 5.90. The molecule has 0 saturated heterocycles. The number of pyridine rings is 1. The van der Waals surface area contributed by atoms with Gasteiger partial charge in [-0.1, -0.05) is 12.1 Å². The van der Waals surface area contributed by atoms with Crippen molar-refractivity contribution >= 4 is 18.0 Å². The van der Waals surface area contributed by atoms with Gasteiger partial charge >= 0.3 is 5.97 Å². The Morgan fingerprint density at radius 2 is 2.17 bits per heavy atom. The molecule has 6 nitrogen and oxygen atoms in total. The second-order valence-electron chi connectivity index (χ2n) is 5.93. The number of aromatic carboxylic acids is 1. The number of aliphatic imine (C=N–C) groups is 1. The van der Waals surface area contributed by atoms with Crippen molar-refractivity contribution in [3.8, 4) is 5.75 Å². The summed E-state index contributed by atoms with van der Waals surface area (Å²) in [4.78, 5) is 21.6. The quantitative estimate of drug-likeness (QED) is 0.672. The molecule has 0 bridgehead atoms. The number of aromatic nitrogens is 1. The molecule has 1 aliphatic rings. The minimum Gasteiger partial charge on any atom is -0.506 e. The number of carboxylic acids is 1. The maximum atomic E-state index is 11.4. The Bertz CT molecular complexity index is 799. The van der Waals surface area contributed by atoms with Gasteiger partial charge in [0, 0.05) is 18.8 Å². The topological polar surface area (TPSA) is 86.0 Å². The van der Waals surface area contributed by atoms with E-state index < -0.39 is 5.97 Å². The molecule has 0 unspecified atom stereocenters.